The first-order valence-electron chi connectivity index (χ1n) is 8.17. The van der Waals surface area contributed by atoms with Crippen LogP contribution in [0.2, 0.25) is 0 Å². The lowest BCUT2D eigenvalue weighted by Crippen LogP contribution is -2.23. The summed E-state index contributed by atoms with van der Waals surface area (Å²) in [6, 6.07) is 25.7. The number of hydrazone groups is 1. The van der Waals surface area contributed by atoms with Crippen LogP contribution in [0.4, 0.5) is 0 Å². The second-order valence-electron chi connectivity index (χ2n) is 5.77. The summed E-state index contributed by atoms with van der Waals surface area (Å²) in [5.41, 5.74) is 5.67. The highest BCUT2D eigenvalue weighted by Crippen LogP contribution is 2.28. The molecule has 0 saturated heterocycles. The van der Waals surface area contributed by atoms with Crippen LogP contribution in [0.25, 0.3) is 21.8 Å². The summed E-state index contributed by atoms with van der Waals surface area (Å²) in [5, 5.41) is 6.31. The van der Waals surface area contributed by atoms with Gasteiger partial charge in [-0.25, -0.2) is 0 Å². The molecule has 0 unspecified atom stereocenters. The minimum absolute atomic E-state index is 0.0392. The highest BCUT2D eigenvalue weighted by Gasteiger charge is 2.14. The lowest BCUT2D eigenvalue weighted by Gasteiger charge is -2.05. The normalized spacial score (nSPS) is 11.4. The summed E-state index contributed by atoms with van der Waals surface area (Å²) in [6.45, 7) is 0.131. The molecule has 4 aromatic rings. The van der Waals surface area contributed by atoms with Gasteiger partial charge in [0, 0.05) is 10.8 Å². The fourth-order valence-electron chi connectivity index (χ4n) is 3.04. The van der Waals surface area contributed by atoms with E-state index in [0.29, 0.717) is 0 Å². The number of benzene rings is 3. The molecule has 1 aromatic heterocycles. The predicted octanol–water partition coefficient (Wildman–Crippen LogP) is 4.06. The van der Waals surface area contributed by atoms with E-state index < -0.39 is 0 Å². The minimum Gasteiger partial charge on any atom is -0.301 e. The third-order valence-corrected chi connectivity index (χ3v) is 4.16. The van der Waals surface area contributed by atoms with E-state index in [2.05, 4.69) is 10.5 Å². The van der Waals surface area contributed by atoms with Crippen molar-refractivity contribution in [2.45, 2.75) is 0 Å². The number of nitrogens with zero attached hydrogens (tertiary/aromatic N) is 2. The molecule has 0 radical (unpaired) electrons. The van der Waals surface area contributed by atoms with Crippen molar-refractivity contribution in [3.63, 3.8) is 0 Å². The molecule has 0 saturated carbocycles. The quantitative estimate of drug-likeness (QED) is 0.454. The van der Waals surface area contributed by atoms with Crippen LogP contribution in [0.5, 0.6) is 0 Å². The molecule has 0 bridgehead atoms. The predicted molar refractivity (Wildman–Crippen MR) is 102 cm³/mol. The van der Waals surface area contributed by atoms with Crippen LogP contribution in [0.15, 0.2) is 84.0 Å². The summed E-state index contributed by atoms with van der Waals surface area (Å²) in [4.78, 5) is 12.8. The number of carbonyl (C=O) groups excluding carboxylic acids is 1. The van der Waals surface area contributed by atoms with E-state index in [1.165, 1.54) is 0 Å². The Morgan fingerprint density at radius 1 is 0.840 bits per heavy atom. The minimum atomic E-state index is -0.0392. The number of aromatic nitrogens is 1. The van der Waals surface area contributed by atoms with Crippen LogP contribution in [-0.4, -0.2) is 23.2 Å². The zero-order valence-electron chi connectivity index (χ0n) is 13.6. The molecule has 4 nitrogen and oxygen atoms in total. The fourth-order valence-corrected chi connectivity index (χ4v) is 3.04. The van der Waals surface area contributed by atoms with Crippen LogP contribution in [0, 0.1) is 0 Å². The third-order valence-electron chi connectivity index (χ3n) is 4.16. The number of hydrogen-bond donors (Lipinski definition) is 1. The monoisotopic (exact) mass is 327 g/mol. The number of rotatable bonds is 4. The van der Waals surface area contributed by atoms with Gasteiger partial charge in [0.15, 0.2) is 0 Å². The van der Waals surface area contributed by atoms with Gasteiger partial charge in [-0.3, -0.25) is 9.36 Å². The largest absolute Gasteiger partial charge is 0.301 e. The second kappa shape index (κ2) is 6.61. The number of carbonyl (C=O) groups is 1. The third kappa shape index (κ3) is 2.90. The van der Waals surface area contributed by atoms with Gasteiger partial charge in [0.25, 0.3) is 5.91 Å². The smallest absolute Gasteiger partial charge is 0.252 e. The first-order chi connectivity index (χ1) is 12.3. The highest BCUT2D eigenvalue weighted by atomic mass is 16.2. The SMILES string of the molecule is O=C(CN/N=C/c1ccccc1)n1c2ccccc2c2ccccc21. The van der Waals surface area contributed by atoms with Gasteiger partial charge in [-0.2, -0.15) is 5.10 Å². The molecule has 0 aliphatic heterocycles. The van der Waals surface area contributed by atoms with Crippen LogP contribution in [-0.2, 0) is 0 Å². The average molecular weight is 327 g/mol. The van der Waals surface area contributed by atoms with E-state index in [9.17, 15) is 4.79 Å². The molecular formula is C21H17N3O. The molecule has 0 fully saturated rings. The molecule has 122 valence electrons. The van der Waals surface area contributed by atoms with Crippen molar-refractivity contribution < 1.29 is 4.79 Å². The fraction of sp³-hybridized carbons (Fsp3) is 0.0476. The Bertz CT molecular complexity index is 1010. The number of fused-ring (bicyclic) bond motifs is 3. The van der Waals surface area contributed by atoms with Crippen LogP contribution in [0.3, 0.4) is 0 Å². The van der Waals surface area contributed by atoms with Crippen molar-refractivity contribution in [2.75, 3.05) is 6.54 Å². The topological polar surface area (TPSA) is 46.4 Å². The Kier molecular flexibility index (Phi) is 4.01. The maximum absolute atomic E-state index is 12.8. The number of hydrogen-bond acceptors (Lipinski definition) is 3. The maximum Gasteiger partial charge on any atom is 0.252 e. The van der Waals surface area contributed by atoms with Crippen molar-refractivity contribution in [1.82, 2.24) is 9.99 Å². The van der Waals surface area contributed by atoms with Crippen LogP contribution in [0.1, 0.15) is 10.4 Å². The van der Waals surface area contributed by atoms with E-state index in [-0.39, 0.29) is 12.5 Å². The zero-order valence-corrected chi connectivity index (χ0v) is 13.6. The van der Waals surface area contributed by atoms with Gasteiger partial charge in [-0.1, -0.05) is 66.7 Å². The molecule has 1 heterocycles. The molecule has 25 heavy (non-hydrogen) atoms. The van der Waals surface area contributed by atoms with Crippen molar-refractivity contribution in [2.24, 2.45) is 5.10 Å². The van der Waals surface area contributed by atoms with Gasteiger partial charge in [0.05, 0.1) is 17.2 Å². The zero-order chi connectivity index (χ0) is 17.1. The van der Waals surface area contributed by atoms with Gasteiger partial charge < -0.3 is 5.43 Å². The Labute approximate surface area is 145 Å². The van der Waals surface area contributed by atoms with Gasteiger partial charge in [-0.15, -0.1) is 0 Å². The van der Waals surface area contributed by atoms with Crippen molar-refractivity contribution >= 4 is 33.9 Å². The molecule has 3 aromatic carbocycles. The first kappa shape index (κ1) is 15.1. The molecule has 4 rings (SSSR count). The van der Waals surface area contributed by atoms with E-state index in [0.717, 1.165) is 27.4 Å². The lowest BCUT2D eigenvalue weighted by molar-refractivity contribution is 0.0923. The molecule has 0 atom stereocenters. The van der Waals surface area contributed by atoms with Gasteiger partial charge in [-0.05, 0) is 17.7 Å². The number of nitrogens with one attached hydrogen (secondary N) is 1. The summed E-state index contributed by atoms with van der Waals surface area (Å²) < 4.78 is 1.76. The molecule has 0 aliphatic carbocycles. The molecule has 0 aliphatic rings. The summed E-state index contributed by atoms with van der Waals surface area (Å²) >= 11 is 0. The molecule has 0 amide bonds. The van der Waals surface area contributed by atoms with Crippen molar-refractivity contribution in [1.29, 1.82) is 0 Å². The van der Waals surface area contributed by atoms with Gasteiger partial charge >= 0.3 is 0 Å². The Morgan fingerprint density at radius 3 is 2.04 bits per heavy atom. The standard InChI is InChI=1S/C21H17N3O/c25-21(15-23-22-14-16-8-2-1-3-9-16)24-19-12-6-4-10-17(19)18-11-5-7-13-20(18)24/h1-14,23H,15H2/b22-14+. The lowest BCUT2D eigenvalue weighted by atomic mass is 10.2. The first-order valence-corrected chi connectivity index (χ1v) is 8.17. The van der Waals surface area contributed by atoms with Gasteiger partial charge in [0.1, 0.15) is 6.54 Å². The maximum atomic E-state index is 12.8. The summed E-state index contributed by atoms with van der Waals surface area (Å²) in [5.74, 6) is -0.0392. The van der Waals surface area contributed by atoms with E-state index >= 15 is 0 Å². The highest BCUT2D eigenvalue weighted by molar-refractivity contribution is 6.13. The molecule has 0 spiro atoms. The summed E-state index contributed by atoms with van der Waals surface area (Å²) in [7, 11) is 0. The van der Waals surface area contributed by atoms with Crippen LogP contribution < -0.4 is 5.43 Å². The Morgan fingerprint density at radius 2 is 1.40 bits per heavy atom. The van der Waals surface area contributed by atoms with Gasteiger partial charge in [0.2, 0.25) is 0 Å². The molecule has 1 N–H and O–H groups in total. The van der Waals surface area contributed by atoms with Crippen molar-refractivity contribution in [3.8, 4) is 0 Å². The Hall–Kier alpha value is -3.40. The summed E-state index contributed by atoms with van der Waals surface area (Å²) in [6.07, 6.45) is 1.71. The van der Waals surface area contributed by atoms with E-state index in [1.807, 2.05) is 78.9 Å². The van der Waals surface area contributed by atoms with Crippen molar-refractivity contribution in [3.05, 3.63) is 84.4 Å². The Balaban J connectivity index is 1.60. The number of para-hydroxylation sites is 2. The van der Waals surface area contributed by atoms with E-state index in [1.54, 1.807) is 10.8 Å². The average Bonchev–Trinajstić information content (AvgIpc) is 3.01. The molecular weight excluding hydrogens is 310 g/mol. The second-order valence-corrected chi connectivity index (χ2v) is 5.77. The van der Waals surface area contributed by atoms with E-state index in [4.69, 9.17) is 0 Å². The molecule has 4 heteroatoms. The van der Waals surface area contributed by atoms with Crippen LogP contribution >= 0.6 is 0 Å².